The topological polar surface area (TPSA) is 47.6 Å². The van der Waals surface area contributed by atoms with Crippen LogP contribution in [0.25, 0.3) is 0 Å². The number of hydrogen-bond acceptors (Lipinski definition) is 3. The Balaban J connectivity index is 1.44. The molecule has 2 aromatic rings. The van der Waals surface area contributed by atoms with Gasteiger partial charge in [-0.15, -0.1) is 0 Å². The highest BCUT2D eigenvalue weighted by Crippen LogP contribution is 2.30. The number of para-hydroxylation sites is 2. The van der Waals surface area contributed by atoms with Crippen LogP contribution in [0.2, 0.25) is 0 Å². The summed E-state index contributed by atoms with van der Waals surface area (Å²) in [5.41, 5.74) is 3.73. The SMILES string of the molecule is Cc1ccc(CCC(=O)NCC2COc3ccccc3O2)cc1C. The van der Waals surface area contributed by atoms with Crippen molar-refractivity contribution >= 4 is 5.91 Å². The summed E-state index contributed by atoms with van der Waals surface area (Å²) in [6, 6.07) is 13.9. The van der Waals surface area contributed by atoms with E-state index in [0.29, 0.717) is 19.6 Å². The Labute approximate surface area is 142 Å². The quantitative estimate of drug-likeness (QED) is 0.918. The summed E-state index contributed by atoms with van der Waals surface area (Å²) < 4.78 is 11.5. The standard InChI is InChI=1S/C20H23NO3/c1-14-7-8-16(11-15(14)2)9-10-20(22)21-12-17-13-23-18-5-3-4-6-19(18)24-17/h3-8,11,17H,9-10,12-13H2,1-2H3,(H,21,22). The van der Waals surface area contributed by atoms with Crippen LogP contribution in [0.15, 0.2) is 42.5 Å². The molecule has 0 saturated heterocycles. The fraction of sp³-hybridized carbons (Fsp3) is 0.350. The van der Waals surface area contributed by atoms with E-state index in [0.717, 1.165) is 17.9 Å². The third-order valence-electron chi connectivity index (χ3n) is 4.31. The summed E-state index contributed by atoms with van der Waals surface area (Å²) in [5, 5.41) is 2.94. The molecule has 2 aromatic carbocycles. The van der Waals surface area contributed by atoms with Crippen molar-refractivity contribution in [2.75, 3.05) is 13.2 Å². The van der Waals surface area contributed by atoms with Gasteiger partial charge in [0.1, 0.15) is 12.7 Å². The van der Waals surface area contributed by atoms with Gasteiger partial charge in [0.05, 0.1) is 6.54 Å². The maximum Gasteiger partial charge on any atom is 0.220 e. The van der Waals surface area contributed by atoms with Crippen LogP contribution in [-0.4, -0.2) is 25.2 Å². The van der Waals surface area contributed by atoms with E-state index in [-0.39, 0.29) is 12.0 Å². The first-order valence-electron chi connectivity index (χ1n) is 8.33. The summed E-state index contributed by atoms with van der Waals surface area (Å²) >= 11 is 0. The number of amides is 1. The van der Waals surface area contributed by atoms with Crippen LogP contribution >= 0.6 is 0 Å². The third kappa shape index (κ3) is 4.07. The number of fused-ring (bicyclic) bond motifs is 1. The number of ether oxygens (including phenoxy) is 2. The van der Waals surface area contributed by atoms with Crippen molar-refractivity contribution in [1.82, 2.24) is 5.32 Å². The van der Waals surface area contributed by atoms with E-state index in [4.69, 9.17) is 9.47 Å². The first kappa shape index (κ1) is 16.4. The number of nitrogens with one attached hydrogen (secondary N) is 1. The van der Waals surface area contributed by atoms with E-state index >= 15 is 0 Å². The molecule has 0 spiro atoms. The van der Waals surface area contributed by atoms with Crippen molar-refractivity contribution < 1.29 is 14.3 Å². The van der Waals surface area contributed by atoms with Gasteiger partial charge in [-0.2, -0.15) is 0 Å². The lowest BCUT2D eigenvalue weighted by Gasteiger charge is -2.26. The molecule has 0 bridgehead atoms. The molecule has 4 heteroatoms. The van der Waals surface area contributed by atoms with Crippen LogP contribution in [0.3, 0.4) is 0 Å². The first-order valence-corrected chi connectivity index (χ1v) is 8.33. The molecule has 0 aromatic heterocycles. The Bertz CT molecular complexity index is 727. The van der Waals surface area contributed by atoms with Gasteiger partial charge in [-0.05, 0) is 49.1 Å². The van der Waals surface area contributed by atoms with Crippen LogP contribution in [0.4, 0.5) is 0 Å². The molecule has 0 radical (unpaired) electrons. The second kappa shape index (κ2) is 7.39. The number of aryl methyl sites for hydroxylation is 3. The first-order chi connectivity index (χ1) is 11.6. The molecular weight excluding hydrogens is 302 g/mol. The van der Waals surface area contributed by atoms with Gasteiger partial charge in [-0.3, -0.25) is 4.79 Å². The molecule has 3 rings (SSSR count). The number of hydrogen-bond donors (Lipinski definition) is 1. The highest BCUT2D eigenvalue weighted by molar-refractivity contribution is 5.76. The Morgan fingerprint density at radius 2 is 1.92 bits per heavy atom. The smallest absolute Gasteiger partial charge is 0.220 e. The van der Waals surface area contributed by atoms with Gasteiger partial charge in [0.25, 0.3) is 0 Å². The Morgan fingerprint density at radius 1 is 1.12 bits per heavy atom. The lowest BCUT2D eigenvalue weighted by Crippen LogP contribution is -2.40. The second-order valence-corrected chi connectivity index (χ2v) is 6.22. The molecule has 0 saturated carbocycles. The van der Waals surface area contributed by atoms with Crippen molar-refractivity contribution in [3.05, 3.63) is 59.2 Å². The van der Waals surface area contributed by atoms with E-state index in [9.17, 15) is 4.79 Å². The molecule has 1 N–H and O–H groups in total. The number of rotatable bonds is 5. The van der Waals surface area contributed by atoms with Crippen LogP contribution < -0.4 is 14.8 Å². The van der Waals surface area contributed by atoms with E-state index in [1.807, 2.05) is 24.3 Å². The molecule has 24 heavy (non-hydrogen) atoms. The van der Waals surface area contributed by atoms with Gasteiger partial charge in [-0.1, -0.05) is 30.3 Å². The van der Waals surface area contributed by atoms with E-state index in [1.54, 1.807) is 0 Å². The third-order valence-corrected chi connectivity index (χ3v) is 4.31. The summed E-state index contributed by atoms with van der Waals surface area (Å²) in [4.78, 5) is 12.0. The van der Waals surface area contributed by atoms with E-state index < -0.39 is 0 Å². The summed E-state index contributed by atoms with van der Waals surface area (Å²) in [7, 11) is 0. The zero-order valence-corrected chi connectivity index (χ0v) is 14.2. The molecule has 1 unspecified atom stereocenters. The molecule has 0 fully saturated rings. The Hall–Kier alpha value is -2.49. The van der Waals surface area contributed by atoms with Crippen molar-refractivity contribution in [2.45, 2.75) is 32.8 Å². The van der Waals surface area contributed by atoms with Crippen LogP contribution in [-0.2, 0) is 11.2 Å². The zero-order valence-electron chi connectivity index (χ0n) is 14.2. The monoisotopic (exact) mass is 325 g/mol. The molecule has 1 amide bonds. The number of benzene rings is 2. The summed E-state index contributed by atoms with van der Waals surface area (Å²) in [6.07, 6.45) is 1.08. The fourth-order valence-corrected chi connectivity index (χ4v) is 2.70. The molecule has 1 heterocycles. The van der Waals surface area contributed by atoms with Gasteiger partial charge in [0.15, 0.2) is 11.5 Å². The van der Waals surface area contributed by atoms with Gasteiger partial charge in [0.2, 0.25) is 5.91 Å². The van der Waals surface area contributed by atoms with Gasteiger partial charge in [-0.25, -0.2) is 0 Å². The largest absolute Gasteiger partial charge is 0.486 e. The predicted octanol–water partition coefficient (Wildman–Crippen LogP) is 3.19. The molecule has 1 aliphatic heterocycles. The van der Waals surface area contributed by atoms with Crippen molar-refractivity contribution in [2.24, 2.45) is 0 Å². The van der Waals surface area contributed by atoms with Crippen molar-refractivity contribution in [1.29, 1.82) is 0 Å². The predicted molar refractivity (Wildman–Crippen MR) is 93.6 cm³/mol. The number of carbonyl (C=O) groups is 1. The highest BCUT2D eigenvalue weighted by atomic mass is 16.6. The molecule has 4 nitrogen and oxygen atoms in total. The molecule has 1 atom stereocenters. The summed E-state index contributed by atoms with van der Waals surface area (Å²) in [5.74, 6) is 1.53. The van der Waals surface area contributed by atoms with Crippen LogP contribution in [0.5, 0.6) is 11.5 Å². The minimum atomic E-state index is -0.148. The minimum Gasteiger partial charge on any atom is -0.486 e. The normalized spacial score (nSPS) is 15.8. The molecule has 126 valence electrons. The lowest BCUT2D eigenvalue weighted by atomic mass is 10.0. The Kier molecular flexibility index (Phi) is 5.04. The maximum atomic E-state index is 12.0. The average Bonchev–Trinajstić information content (AvgIpc) is 2.60. The van der Waals surface area contributed by atoms with Crippen molar-refractivity contribution in [3.8, 4) is 11.5 Å². The number of carbonyl (C=O) groups excluding carboxylic acids is 1. The van der Waals surface area contributed by atoms with Crippen LogP contribution in [0, 0.1) is 13.8 Å². The maximum absolute atomic E-state index is 12.0. The lowest BCUT2D eigenvalue weighted by molar-refractivity contribution is -0.121. The molecule has 1 aliphatic rings. The Morgan fingerprint density at radius 3 is 2.71 bits per heavy atom. The van der Waals surface area contributed by atoms with E-state index in [2.05, 4.69) is 37.4 Å². The molecular formula is C20H23NO3. The average molecular weight is 325 g/mol. The van der Waals surface area contributed by atoms with Gasteiger partial charge in [0, 0.05) is 6.42 Å². The van der Waals surface area contributed by atoms with E-state index in [1.165, 1.54) is 16.7 Å². The minimum absolute atomic E-state index is 0.0377. The van der Waals surface area contributed by atoms with Gasteiger partial charge < -0.3 is 14.8 Å². The highest BCUT2D eigenvalue weighted by Gasteiger charge is 2.20. The van der Waals surface area contributed by atoms with Crippen LogP contribution in [0.1, 0.15) is 23.1 Å². The van der Waals surface area contributed by atoms with Crippen molar-refractivity contribution in [3.63, 3.8) is 0 Å². The second-order valence-electron chi connectivity index (χ2n) is 6.22. The zero-order chi connectivity index (χ0) is 16.9. The fourth-order valence-electron chi connectivity index (χ4n) is 2.70. The molecule has 0 aliphatic carbocycles. The van der Waals surface area contributed by atoms with Gasteiger partial charge >= 0.3 is 0 Å². The summed E-state index contributed by atoms with van der Waals surface area (Å²) in [6.45, 7) is 5.10.